The van der Waals surface area contributed by atoms with Gasteiger partial charge >= 0.3 is 0 Å². The summed E-state index contributed by atoms with van der Waals surface area (Å²) in [4.78, 5) is 6.30. The van der Waals surface area contributed by atoms with Crippen molar-refractivity contribution in [2.45, 2.75) is 0 Å². The summed E-state index contributed by atoms with van der Waals surface area (Å²) in [5.41, 5.74) is 0.125. The SMILES string of the molecule is CN(C)N=Nc1nc(C#N)c(C#N)[nH]1. The first-order valence-corrected chi connectivity index (χ1v) is 3.66. The van der Waals surface area contributed by atoms with Crippen LogP contribution in [0.4, 0.5) is 5.95 Å². The third kappa shape index (κ3) is 2.05. The van der Waals surface area contributed by atoms with Crippen molar-refractivity contribution in [1.29, 1.82) is 10.5 Å². The number of rotatable bonds is 2. The Morgan fingerprint density at radius 1 is 1.36 bits per heavy atom. The molecule has 0 saturated heterocycles. The number of imidazole rings is 1. The van der Waals surface area contributed by atoms with Crippen LogP contribution in [-0.4, -0.2) is 29.1 Å². The predicted octanol–water partition coefficient (Wildman–Crippen LogP) is 0.713. The Hall–Kier alpha value is -2.41. The average molecular weight is 189 g/mol. The lowest BCUT2D eigenvalue weighted by Crippen LogP contribution is -1.98. The molecule has 14 heavy (non-hydrogen) atoms. The molecule has 0 unspecified atom stereocenters. The van der Waals surface area contributed by atoms with E-state index < -0.39 is 0 Å². The molecule has 1 rings (SSSR count). The van der Waals surface area contributed by atoms with Crippen LogP contribution < -0.4 is 0 Å². The molecule has 0 fully saturated rings. The molecule has 0 bridgehead atoms. The van der Waals surface area contributed by atoms with Gasteiger partial charge in [-0.25, -0.2) is 0 Å². The van der Waals surface area contributed by atoms with Crippen LogP contribution in [0.15, 0.2) is 10.3 Å². The maximum Gasteiger partial charge on any atom is 0.250 e. The molecule has 1 N–H and O–H groups in total. The van der Waals surface area contributed by atoms with Crippen molar-refractivity contribution in [2.24, 2.45) is 10.3 Å². The Kier molecular flexibility index (Phi) is 2.77. The highest BCUT2D eigenvalue weighted by atomic mass is 15.5. The van der Waals surface area contributed by atoms with Crippen molar-refractivity contribution < 1.29 is 0 Å². The highest BCUT2D eigenvalue weighted by molar-refractivity contribution is 5.40. The molecule has 1 aromatic rings. The molecule has 70 valence electrons. The number of aromatic amines is 1. The third-order valence-corrected chi connectivity index (χ3v) is 1.23. The fourth-order valence-electron chi connectivity index (χ4n) is 0.702. The maximum atomic E-state index is 8.59. The molecule has 0 atom stereocenters. The lowest BCUT2D eigenvalue weighted by molar-refractivity contribution is 0.407. The minimum absolute atomic E-state index is 0.0280. The maximum absolute atomic E-state index is 8.59. The van der Waals surface area contributed by atoms with Crippen LogP contribution in [0.25, 0.3) is 0 Å². The number of nitrogens with zero attached hydrogens (tertiary/aromatic N) is 6. The molecule has 0 aliphatic rings. The Morgan fingerprint density at radius 3 is 2.50 bits per heavy atom. The van der Waals surface area contributed by atoms with Gasteiger partial charge in [-0.3, -0.25) is 5.01 Å². The highest BCUT2D eigenvalue weighted by Crippen LogP contribution is 2.10. The summed E-state index contributed by atoms with van der Waals surface area (Å²) in [6.45, 7) is 0. The Balaban J connectivity index is 2.99. The molecule has 0 spiro atoms. The number of hydrogen-bond donors (Lipinski definition) is 1. The van der Waals surface area contributed by atoms with E-state index in [1.54, 1.807) is 26.2 Å². The van der Waals surface area contributed by atoms with Crippen LogP contribution in [0.5, 0.6) is 0 Å². The van der Waals surface area contributed by atoms with Crippen molar-refractivity contribution >= 4 is 5.95 Å². The third-order valence-electron chi connectivity index (χ3n) is 1.23. The second kappa shape index (κ2) is 4.01. The lowest BCUT2D eigenvalue weighted by Gasteiger charge is -1.97. The fraction of sp³-hybridized carbons (Fsp3) is 0.286. The van der Waals surface area contributed by atoms with Crippen LogP contribution >= 0.6 is 0 Å². The fourth-order valence-corrected chi connectivity index (χ4v) is 0.702. The zero-order chi connectivity index (χ0) is 10.6. The Morgan fingerprint density at radius 2 is 2.07 bits per heavy atom. The first kappa shape index (κ1) is 9.68. The summed E-state index contributed by atoms with van der Waals surface area (Å²) in [6, 6.07) is 3.57. The van der Waals surface area contributed by atoms with Gasteiger partial charge in [-0.1, -0.05) is 10.3 Å². The normalized spacial score (nSPS) is 9.71. The van der Waals surface area contributed by atoms with Crippen LogP contribution in [0.2, 0.25) is 0 Å². The minimum atomic E-state index is 0.0280. The standard InChI is InChI=1S/C7H7N7/c1-14(2)13-12-7-10-5(3-8)6(4-9)11-7/h1-2H3,(H,10,11). The van der Waals surface area contributed by atoms with E-state index >= 15 is 0 Å². The van der Waals surface area contributed by atoms with Gasteiger partial charge < -0.3 is 4.98 Å². The molecule has 7 heteroatoms. The number of aromatic nitrogens is 2. The molecular weight excluding hydrogens is 182 g/mol. The summed E-state index contributed by atoms with van der Waals surface area (Å²) in [7, 11) is 3.39. The monoisotopic (exact) mass is 189 g/mol. The van der Waals surface area contributed by atoms with Crippen LogP contribution in [0, 0.1) is 22.7 Å². The smallest absolute Gasteiger partial charge is 0.250 e. The van der Waals surface area contributed by atoms with Gasteiger partial charge in [0.15, 0.2) is 11.4 Å². The number of nitriles is 2. The van der Waals surface area contributed by atoms with Gasteiger partial charge in [0.1, 0.15) is 12.1 Å². The van der Waals surface area contributed by atoms with Crippen molar-refractivity contribution in [3.05, 3.63) is 11.4 Å². The molecule has 0 aromatic carbocycles. The summed E-state index contributed by atoms with van der Waals surface area (Å²) in [5.74, 6) is 0.145. The number of nitrogens with one attached hydrogen (secondary N) is 1. The zero-order valence-electron chi connectivity index (χ0n) is 7.68. The molecule has 0 aliphatic heterocycles. The predicted molar refractivity (Wildman–Crippen MR) is 46.2 cm³/mol. The molecule has 7 nitrogen and oxygen atoms in total. The van der Waals surface area contributed by atoms with Gasteiger partial charge in [0.2, 0.25) is 0 Å². The van der Waals surface area contributed by atoms with Gasteiger partial charge in [-0.05, 0) is 0 Å². The summed E-state index contributed by atoms with van der Waals surface area (Å²) in [5, 5.41) is 26.0. The second-order valence-corrected chi connectivity index (χ2v) is 2.54. The molecule has 0 radical (unpaired) electrons. The molecular formula is C7H7N7. The lowest BCUT2D eigenvalue weighted by atomic mass is 10.4. The second-order valence-electron chi connectivity index (χ2n) is 2.54. The Labute approximate surface area is 80.3 Å². The van der Waals surface area contributed by atoms with Gasteiger partial charge in [0, 0.05) is 14.1 Å². The van der Waals surface area contributed by atoms with E-state index in [-0.39, 0.29) is 17.3 Å². The van der Waals surface area contributed by atoms with E-state index in [1.807, 2.05) is 0 Å². The van der Waals surface area contributed by atoms with Crippen molar-refractivity contribution in [3.63, 3.8) is 0 Å². The van der Waals surface area contributed by atoms with E-state index in [4.69, 9.17) is 10.5 Å². The van der Waals surface area contributed by atoms with Crippen molar-refractivity contribution in [1.82, 2.24) is 15.0 Å². The molecule has 1 heterocycles. The molecule has 1 aromatic heterocycles. The highest BCUT2D eigenvalue weighted by Gasteiger charge is 2.07. The molecule has 0 saturated carbocycles. The zero-order valence-corrected chi connectivity index (χ0v) is 7.68. The van der Waals surface area contributed by atoms with E-state index in [9.17, 15) is 0 Å². The average Bonchev–Trinajstić information content (AvgIpc) is 2.57. The summed E-state index contributed by atoms with van der Waals surface area (Å²) >= 11 is 0. The quantitative estimate of drug-likeness (QED) is 0.546. The van der Waals surface area contributed by atoms with Crippen LogP contribution in [-0.2, 0) is 0 Å². The summed E-state index contributed by atoms with van der Waals surface area (Å²) < 4.78 is 0. The van der Waals surface area contributed by atoms with Crippen LogP contribution in [0.1, 0.15) is 11.4 Å². The van der Waals surface area contributed by atoms with E-state index in [0.29, 0.717) is 0 Å². The number of hydrogen-bond acceptors (Lipinski definition) is 5. The van der Waals surface area contributed by atoms with Gasteiger partial charge in [0.05, 0.1) is 0 Å². The largest absolute Gasteiger partial charge is 0.312 e. The van der Waals surface area contributed by atoms with E-state index in [1.165, 1.54) is 5.01 Å². The van der Waals surface area contributed by atoms with Crippen molar-refractivity contribution in [3.8, 4) is 12.1 Å². The van der Waals surface area contributed by atoms with Crippen LogP contribution in [0.3, 0.4) is 0 Å². The Bertz CT molecular complexity index is 396. The van der Waals surface area contributed by atoms with E-state index in [2.05, 4.69) is 20.3 Å². The molecule has 0 amide bonds. The number of H-pyrrole nitrogens is 1. The minimum Gasteiger partial charge on any atom is -0.312 e. The first-order valence-electron chi connectivity index (χ1n) is 3.66. The van der Waals surface area contributed by atoms with Crippen molar-refractivity contribution in [2.75, 3.05) is 14.1 Å². The first-order chi connectivity index (χ1) is 6.67. The van der Waals surface area contributed by atoms with Gasteiger partial charge in [-0.2, -0.15) is 15.5 Å². The van der Waals surface area contributed by atoms with Gasteiger partial charge in [-0.15, -0.1) is 0 Å². The summed E-state index contributed by atoms with van der Waals surface area (Å²) in [6.07, 6.45) is 0. The van der Waals surface area contributed by atoms with Gasteiger partial charge in [0.25, 0.3) is 5.95 Å². The topological polar surface area (TPSA) is 104 Å². The molecule has 0 aliphatic carbocycles. The van der Waals surface area contributed by atoms with E-state index in [0.717, 1.165) is 0 Å².